The zero-order valence-electron chi connectivity index (χ0n) is 18.0. The highest BCUT2D eigenvalue weighted by Crippen LogP contribution is 2.21. The van der Waals surface area contributed by atoms with Crippen LogP contribution in [0.3, 0.4) is 0 Å². The molecule has 0 aliphatic heterocycles. The number of benzene rings is 2. The normalized spacial score (nSPS) is 10.4. The number of methoxy groups -OCH3 is 1. The van der Waals surface area contributed by atoms with Gasteiger partial charge in [0, 0.05) is 30.2 Å². The number of esters is 1. The first kappa shape index (κ1) is 22.8. The van der Waals surface area contributed by atoms with E-state index in [9.17, 15) is 9.59 Å². The number of carbonyl (C=O) groups excluding carboxylic acids is 2. The van der Waals surface area contributed by atoms with E-state index in [1.54, 1.807) is 38.3 Å². The minimum atomic E-state index is -0.446. The van der Waals surface area contributed by atoms with Crippen molar-refractivity contribution in [2.75, 3.05) is 25.6 Å². The van der Waals surface area contributed by atoms with E-state index < -0.39 is 5.97 Å². The predicted octanol–water partition coefficient (Wildman–Crippen LogP) is 3.65. The van der Waals surface area contributed by atoms with Gasteiger partial charge in [-0.25, -0.2) is 4.79 Å². The van der Waals surface area contributed by atoms with Gasteiger partial charge in [-0.2, -0.15) is 4.98 Å². The molecule has 3 aromatic rings. The van der Waals surface area contributed by atoms with Crippen molar-refractivity contribution >= 4 is 17.6 Å². The summed E-state index contributed by atoms with van der Waals surface area (Å²) < 4.78 is 20.6. The van der Waals surface area contributed by atoms with E-state index in [2.05, 4.69) is 15.5 Å². The van der Waals surface area contributed by atoms with Crippen LogP contribution in [0.15, 0.2) is 53.1 Å². The molecule has 0 aliphatic rings. The van der Waals surface area contributed by atoms with Crippen molar-refractivity contribution in [1.82, 2.24) is 10.1 Å². The van der Waals surface area contributed by atoms with Crippen molar-refractivity contribution in [3.8, 4) is 22.9 Å². The van der Waals surface area contributed by atoms with Crippen LogP contribution in [0.25, 0.3) is 11.4 Å². The lowest BCUT2D eigenvalue weighted by Crippen LogP contribution is -2.15. The Bertz CT molecular complexity index is 1030. The fraction of sp³-hybridized carbons (Fsp3) is 0.304. The van der Waals surface area contributed by atoms with Crippen LogP contribution in [0, 0.1) is 0 Å². The van der Waals surface area contributed by atoms with Crippen LogP contribution < -0.4 is 14.8 Å². The molecule has 168 valence electrons. The molecule has 1 N–H and O–H groups in total. The van der Waals surface area contributed by atoms with Crippen LogP contribution in [0.5, 0.6) is 11.5 Å². The van der Waals surface area contributed by atoms with Crippen LogP contribution in [0.1, 0.15) is 25.7 Å². The Labute approximate surface area is 185 Å². The molecule has 0 atom stereocenters. The topological polar surface area (TPSA) is 113 Å². The van der Waals surface area contributed by atoms with Crippen molar-refractivity contribution in [2.45, 2.75) is 26.2 Å². The first-order chi connectivity index (χ1) is 15.6. The maximum absolute atomic E-state index is 12.2. The molecule has 0 aliphatic carbocycles. The van der Waals surface area contributed by atoms with Crippen LogP contribution in [-0.4, -0.2) is 42.3 Å². The summed E-state index contributed by atoms with van der Waals surface area (Å²) in [6.45, 7) is 1.84. The lowest BCUT2D eigenvalue weighted by atomic mass is 10.2. The number of rotatable bonds is 11. The summed E-state index contributed by atoms with van der Waals surface area (Å²) in [5.41, 5.74) is 1.40. The van der Waals surface area contributed by atoms with Gasteiger partial charge in [-0.1, -0.05) is 11.2 Å². The molecule has 1 aromatic heterocycles. The smallest absolute Gasteiger partial charge is 0.344 e. The van der Waals surface area contributed by atoms with Crippen molar-refractivity contribution in [2.24, 2.45) is 0 Å². The van der Waals surface area contributed by atoms with Gasteiger partial charge in [0.25, 0.3) is 0 Å². The average Bonchev–Trinajstić information content (AvgIpc) is 3.27. The Kier molecular flexibility index (Phi) is 8.19. The number of hydrogen-bond donors (Lipinski definition) is 1. The van der Waals surface area contributed by atoms with E-state index in [0.29, 0.717) is 42.6 Å². The van der Waals surface area contributed by atoms with E-state index in [0.717, 1.165) is 11.3 Å². The van der Waals surface area contributed by atoms with Gasteiger partial charge >= 0.3 is 5.97 Å². The summed E-state index contributed by atoms with van der Waals surface area (Å²) in [5.74, 6) is 1.58. The highest BCUT2D eigenvalue weighted by molar-refractivity contribution is 5.90. The van der Waals surface area contributed by atoms with Crippen molar-refractivity contribution in [3.63, 3.8) is 0 Å². The predicted molar refractivity (Wildman–Crippen MR) is 116 cm³/mol. The number of amides is 1. The van der Waals surface area contributed by atoms with E-state index in [-0.39, 0.29) is 18.9 Å². The van der Waals surface area contributed by atoms with Crippen LogP contribution in [0.4, 0.5) is 5.69 Å². The second kappa shape index (κ2) is 11.5. The van der Waals surface area contributed by atoms with E-state index >= 15 is 0 Å². The monoisotopic (exact) mass is 439 g/mol. The van der Waals surface area contributed by atoms with Gasteiger partial charge in [0.05, 0.1) is 13.7 Å². The summed E-state index contributed by atoms with van der Waals surface area (Å²) in [6.07, 6.45) is 1.32. The Balaban J connectivity index is 1.44. The Morgan fingerprint density at radius 1 is 1.09 bits per heavy atom. The highest BCUT2D eigenvalue weighted by Gasteiger charge is 2.11. The van der Waals surface area contributed by atoms with Crippen LogP contribution >= 0.6 is 0 Å². The molecule has 3 rings (SSSR count). The SMILES string of the molecule is CCOC(=O)COc1cccc(NC(=O)CCCc2nc(-c3ccc(OC)cc3)no2)c1. The number of ether oxygens (including phenoxy) is 3. The number of anilines is 1. The number of aromatic nitrogens is 2. The molecule has 32 heavy (non-hydrogen) atoms. The van der Waals surface area contributed by atoms with Gasteiger partial charge < -0.3 is 24.1 Å². The molecule has 2 aromatic carbocycles. The van der Waals surface area contributed by atoms with Gasteiger partial charge in [-0.05, 0) is 49.7 Å². The van der Waals surface area contributed by atoms with Gasteiger partial charge in [-0.15, -0.1) is 0 Å². The Morgan fingerprint density at radius 3 is 2.66 bits per heavy atom. The lowest BCUT2D eigenvalue weighted by Gasteiger charge is -2.09. The zero-order chi connectivity index (χ0) is 22.8. The number of aryl methyl sites for hydroxylation is 1. The first-order valence-electron chi connectivity index (χ1n) is 10.2. The third-order valence-corrected chi connectivity index (χ3v) is 4.39. The third-order valence-electron chi connectivity index (χ3n) is 4.39. The van der Waals surface area contributed by atoms with Crippen LogP contribution in [-0.2, 0) is 20.7 Å². The maximum atomic E-state index is 12.2. The van der Waals surface area contributed by atoms with E-state index in [1.807, 2.05) is 24.3 Å². The summed E-state index contributed by atoms with van der Waals surface area (Å²) in [6, 6.07) is 14.2. The maximum Gasteiger partial charge on any atom is 0.344 e. The summed E-state index contributed by atoms with van der Waals surface area (Å²) in [4.78, 5) is 28.0. The van der Waals surface area contributed by atoms with Gasteiger partial charge in [0.1, 0.15) is 11.5 Å². The number of carbonyl (C=O) groups is 2. The molecule has 9 nitrogen and oxygen atoms in total. The zero-order valence-corrected chi connectivity index (χ0v) is 18.0. The van der Waals surface area contributed by atoms with E-state index in [1.165, 1.54) is 0 Å². The number of nitrogens with one attached hydrogen (secondary N) is 1. The molecule has 1 amide bonds. The molecule has 0 saturated carbocycles. The third kappa shape index (κ3) is 6.83. The highest BCUT2D eigenvalue weighted by atomic mass is 16.6. The van der Waals surface area contributed by atoms with Crippen molar-refractivity contribution in [3.05, 3.63) is 54.4 Å². The molecule has 0 saturated heterocycles. The lowest BCUT2D eigenvalue weighted by molar-refractivity contribution is -0.145. The second-order valence-electron chi connectivity index (χ2n) is 6.76. The minimum absolute atomic E-state index is 0.151. The summed E-state index contributed by atoms with van der Waals surface area (Å²) >= 11 is 0. The number of hydrogen-bond acceptors (Lipinski definition) is 8. The Morgan fingerprint density at radius 2 is 1.91 bits per heavy atom. The molecule has 0 radical (unpaired) electrons. The van der Waals surface area contributed by atoms with Crippen molar-refractivity contribution in [1.29, 1.82) is 0 Å². The molecule has 0 fully saturated rings. The molecule has 1 heterocycles. The fourth-order valence-electron chi connectivity index (χ4n) is 2.85. The van der Waals surface area contributed by atoms with Crippen molar-refractivity contribution < 1.29 is 28.3 Å². The standard InChI is InChI=1S/C23H25N3O6/c1-3-30-22(28)15-31-19-7-4-6-17(14-19)24-20(27)8-5-9-21-25-23(26-32-21)16-10-12-18(29-2)13-11-16/h4,6-7,10-14H,3,5,8-9,15H2,1-2H3,(H,24,27). The van der Waals surface area contributed by atoms with Crippen LogP contribution in [0.2, 0.25) is 0 Å². The Hall–Kier alpha value is -3.88. The quantitative estimate of drug-likeness (QED) is 0.451. The number of nitrogens with zero attached hydrogens (tertiary/aromatic N) is 2. The minimum Gasteiger partial charge on any atom is -0.497 e. The molecular weight excluding hydrogens is 414 g/mol. The fourth-order valence-corrected chi connectivity index (χ4v) is 2.85. The molecule has 0 bridgehead atoms. The van der Waals surface area contributed by atoms with Gasteiger partial charge in [0.15, 0.2) is 6.61 Å². The van der Waals surface area contributed by atoms with Gasteiger partial charge in [-0.3, -0.25) is 4.79 Å². The summed E-state index contributed by atoms with van der Waals surface area (Å²) in [5, 5.41) is 6.79. The largest absolute Gasteiger partial charge is 0.497 e. The van der Waals surface area contributed by atoms with E-state index in [4.69, 9.17) is 18.7 Å². The molecule has 0 unspecified atom stereocenters. The van der Waals surface area contributed by atoms with Gasteiger partial charge in [0.2, 0.25) is 17.6 Å². The molecular formula is C23H25N3O6. The second-order valence-corrected chi connectivity index (χ2v) is 6.76. The molecule has 9 heteroatoms. The average molecular weight is 439 g/mol. The first-order valence-corrected chi connectivity index (χ1v) is 10.2. The summed E-state index contributed by atoms with van der Waals surface area (Å²) in [7, 11) is 1.61. The molecule has 0 spiro atoms.